The zero-order chi connectivity index (χ0) is 24.3. The van der Waals surface area contributed by atoms with Crippen LogP contribution in [0.25, 0.3) is 0 Å². The molecule has 0 unspecified atom stereocenters. The summed E-state index contributed by atoms with van der Waals surface area (Å²) in [6, 6.07) is 27.6. The van der Waals surface area contributed by atoms with Crippen LogP contribution in [-0.4, -0.2) is 64.0 Å². The van der Waals surface area contributed by atoms with Gasteiger partial charge in [0.05, 0.1) is 0 Å². The van der Waals surface area contributed by atoms with Crippen molar-refractivity contribution in [3.8, 4) is 11.5 Å². The summed E-state index contributed by atoms with van der Waals surface area (Å²) in [7, 11) is 0. The lowest BCUT2D eigenvalue weighted by Gasteiger charge is -2.34. The molecule has 2 N–H and O–H groups in total. The molecule has 3 aromatic rings. The highest BCUT2D eigenvalue weighted by Gasteiger charge is 2.22. The van der Waals surface area contributed by atoms with Crippen LogP contribution in [0.1, 0.15) is 15.9 Å². The number of amides is 1. The van der Waals surface area contributed by atoms with Gasteiger partial charge in [0, 0.05) is 38.3 Å². The van der Waals surface area contributed by atoms with Crippen LogP contribution in [0, 0.1) is 0 Å². The smallest absolute Gasteiger partial charge is 0.414 e. The molecule has 0 bridgehead atoms. The van der Waals surface area contributed by atoms with Crippen LogP contribution >= 0.6 is 0 Å². The number of benzene rings is 3. The second-order valence-electron chi connectivity index (χ2n) is 7.61. The van der Waals surface area contributed by atoms with Gasteiger partial charge in [-0.2, -0.15) is 0 Å². The fourth-order valence-corrected chi connectivity index (χ4v) is 3.46. The molecule has 0 spiro atoms. The second-order valence-corrected chi connectivity index (χ2v) is 7.61. The van der Waals surface area contributed by atoms with Crippen molar-refractivity contribution in [3.63, 3.8) is 0 Å². The van der Waals surface area contributed by atoms with E-state index in [-0.39, 0.29) is 5.91 Å². The van der Waals surface area contributed by atoms with Gasteiger partial charge in [-0.05, 0) is 42.0 Å². The van der Waals surface area contributed by atoms with Gasteiger partial charge in [-0.3, -0.25) is 9.69 Å². The molecule has 1 aliphatic heterocycles. The predicted octanol–water partition coefficient (Wildman–Crippen LogP) is 3.59. The molecular weight excluding hydrogens is 436 g/mol. The third-order valence-electron chi connectivity index (χ3n) is 5.15. The monoisotopic (exact) mass is 462 g/mol. The molecule has 0 radical (unpaired) electrons. The molecule has 4 rings (SSSR count). The van der Waals surface area contributed by atoms with Gasteiger partial charge in [0.1, 0.15) is 11.5 Å². The Morgan fingerprint density at radius 1 is 0.706 bits per heavy atom. The van der Waals surface area contributed by atoms with Crippen LogP contribution in [0.3, 0.4) is 0 Å². The number of hydrogen-bond donors (Lipinski definition) is 2. The molecule has 1 heterocycles. The first-order valence-electron chi connectivity index (χ1n) is 10.8. The average Bonchev–Trinajstić information content (AvgIpc) is 2.86. The number of aliphatic carboxylic acids is 2. The van der Waals surface area contributed by atoms with Crippen LogP contribution in [0.5, 0.6) is 11.5 Å². The topological polar surface area (TPSA) is 107 Å². The summed E-state index contributed by atoms with van der Waals surface area (Å²) in [6.45, 7) is 4.13. The summed E-state index contributed by atoms with van der Waals surface area (Å²) in [5.74, 6) is -1.84. The van der Waals surface area contributed by atoms with Crippen molar-refractivity contribution in [2.75, 3.05) is 26.2 Å². The van der Waals surface area contributed by atoms with E-state index in [2.05, 4.69) is 17.0 Å². The maximum absolute atomic E-state index is 12.6. The van der Waals surface area contributed by atoms with E-state index in [0.29, 0.717) is 0 Å². The number of nitrogens with zero attached hydrogens (tertiary/aromatic N) is 2. The number of ether oxygens (including phenoxy) is 1. The van der Waals surface area contributed by atoms with E-state index >= 15 is 0 Å². The Morgan fingerprint density at radius 2 is 1.26 bits per heavy atom. The molecule has 1 amide bonds. The van der Waals surface area contributed by atoms with Crippen LogP contribution in [0.4, 0.5) is 0 Å². The quantitative estimate of drug-likeness (QED) is 0.558. The lowest BCUT2D eigenvalue weighted by molar-refractivity contribution is -0.159. The SMILES string of the molecule is O=C(O)C(=O)O.O=C(c1ccccc1)N1CCN(Cc2cccc(Oc3ccccc3)c2)CC1. The Hall–Kier alpha value is -4.17. The number of carboxylic acid groups (broad SMARTS) is 2. The molecule has 1 fully saturated rings. The van der Waals surface area contributed by atoms with E-state index in [1.165, 1.54) is 5.56 Å². The lowest BCUT2D eigenvalue weighted by atomic mass is 10.1. The molecule has 8 nitrogen and oxygen atoms in total. The third-order valence-corrected chi connectivity index (χ3v) is 5.15. The molecular formula is C26H26N2O6. The largest absolute Gasteiger partial charge is 0.473 e. The second kappa shape index (κ2) is 12.2. The normalized spacial score (nSPS) is 13.4. The highest BCUT2D eigenvalue weighted by atomic mass is 16.5. The number of hydrogen-bond acceptors (Lipinski definition) is 5. The molecule has 34 heavy (non-hydrogen) atoms. The van der Waals surface area contributed by atoms with E-state index in [9.17, 15) is 4.79 Å². The Kier molecular flexibility index (Phi) is 8.76. The summed E-state index contributed by atoms with van der Waals surface area (Å²) >= 11 is 0. The lowest BCUT2D eigenvalue weighted by Crippen LogP contribution is -2.48. The van der Waals surface area contributed by atoms with Crippen molar-refractivity contribution in [3.05, 3.63) is 96.1 Å². The van der Waals surface area contributed by atoms with Crippen molar-refractivity contribution in [1.29, 1.82) is 0 Å². The molecule has 1 saturated heterocycles. The molecule has 8 heteroatoms. The van der Waals surface area contributed by atoms with Gasteiger partial charge in [-0.25, -0.2) is 9.59 Å². The first-order valence-corrected chi connectivity index (χ1v) is 10.8. The van der Waals surface area contributed by atoms with Gasteiger partial charge < -0.3 is 19.8 Å². The average molecular weight is 463 g/mol. The minimum atomic E-state index is -1.82. The van der Waals surface area contributed by atoms with Crippen LogP contribution in [0.2, 0.25) is 0 Å². The van der Waals surface area contributed by atoms with Crippen molar-refractivity contribution < 1.29 is 29.3 Å². The Bertz CT molecular complexity index is 1080. The van der Waals surface area contributed by atoms with Crippen LogP contribution in [0.15, 0.2) is 84.9 Å². The maximum Gasteiger partial charge on any atom is 0.414 e. The zero-order valence-electron chi connectivity index (χ0n) is 18.5. The van der Waals surface area contributed by atoms with Crippen molar-refractivity contribution in [2.24, 2.45) is 0 Å². The van der Waals surface area contributed by atoms with E-state index < -0.39 is 11.9 Å². The van der Waals surface area contributed by atoms with Gasteiger partial charge in [0.25, 0.3) is 5.91 Å². The first-order chi connectivity index (χ1) is 16.4. The number of piperazine rings is 1. The molecule has 176 valence electrons. The van der Waals surface area contributed by atoms with E-state index in [1.807, 2.05) is 77.7 Å². The van der Waals surface area contributed by atoms with Crippen molar-refractivity contribution >= 4 is 17.8 Å². The molecule has 1 aliphatic rings. The molecule has 0 aliphatic carbocycles. The highest BCUT2D eigenvalue weighted by molar-refractivity contribution is 6.27. The first kappa shape index (κ1) is 24.5. The van der Waals surface area contributed by atoms with Gasteiger partial charge in [0.15, 0.2) is 0 Å². The minimum absolute atomic E-state index is 0.124. The fourth-order valence-electron chi connectivity index (χ4n) is 3.46. The number of carboxylic acids is 2. The molecule has 0 atom stereocenters. The van der Waals surface area contributed by atoms with Crippen LogP contribution < -0.4 is 4.74 Å². The summed E-state index contributed by atoms with van der Waals surface area (Å²) in [6.07, 6.45) is 0. The molecule has 3 aromatic carbocycles. The van der Waals surface area contributed by atoms with Gasteiger partial charge in [-0.15, -0.1) is 0 Å². The predicted molar refractivity (Wildman–Crippen MR) is 126 cm³/mol. The summed E-state index contributed by atoms with van der Waals surface area (Å²) < 4.78 is 5.93. The highest BCUT2D eigenvalue weighted by Crippen LogP contribution is 2.22. The van der Waals surface area contributed by atoms with Crippen LogP contribution in [-0.2, 0) is 16.1 Å². The Balaban J connectivity index is 0.000000481. The number of carbonyl (C=O) groups excluding carboxylic acids is 1. The third kappa shape index (κ3) is 7.46. The Labute approximate surface area is 197 Å². The van der Waals surface area contributed by atoms with E-state index in [1.54, 1.807) is 0 Å². The van der Waals surface area contributed by atoms with Crippen molar-refractivity contribution in [2.45, 2.75) is 6.54 Å². The van der Waals surface area contributed by atoms with Gasteiger partial charge in [-0.1, -0.05) is 48.5 Å². The van der Waals surface area contributed by atoms with Gasteiger partial charge >= 0.3 is 11.9 Å². The number of para-hydroxylation sites is 1. The molecule has 0 saturated carbocycles. The fraction of sp³-hybridized carbons (Fsp3) is 0.192. The number of carbonyl (C=O) groups is 3. The zero-order valence-corrected chi connectivity index (χ0v) is 18.5. The Morgan fingerprint density at radius 3 is 1.85 bits per heavy atom. The van der Waals surface area contributed by atoms with E-state index in [4.69, 9.17) is 24.5 Å². The number of rotatable bonds is 5. The standard InChI is InChI=1S/C24H24N2O2.C2H2O4/c27-24(21-9-3-1-4-10-21)26-16-14-25(15-17-26)19-20-8-7-13-23(18-20)28-22-11-5-2-6-12-22;3-1(4)2(5)6/h1-13,18H,14-17,19H2;(H,3,4)(H,5,6). The summed E-state index contributed by atoms with van der Waals surface area (Å²) in [4.78, 5) is 35.1. The van der Waals surface area contributed by atoms with E-state index in [0.717, 1.165) is 49.8 Å². The minimum Gasteiger partial charge on any atom is -0.473 e. The summed E-state index contributed by atoms with van der Waals surface area (Å²) in [5, 5.41) is 14.8. The maximum atomic E-state index is 12.6. The summed E-state index contributed by atoms with van der Waals surface area (Å²) in [5.41, 5.74) is 1.98. The molecule has 0 aromatic heterocycles. The van der Waals surface area contributed by atoms with Gasteiger partial charge in [0.2, 0.25) is 0 Å². The van der Waals surface area contributed by atoms with Crippen molar-refractivity contribution in [1.82, 2.24) is 9.80 Å².